The van der Waals surface area contributed by atoms with E-state index < -0.39 is 0 Å². The molecule has 4 unspecified atom stereocenters. The highest BCUT2D eigenvalue weighted by atomic mass is 19.1. The number of hydrogen-bond acceptors (Lipinski definition) is 3. The normalized spacial score (nSPS) is 27.4. The number of allylic oxidation sites excluding steroid dienone is 2. The van der Waals surface area contributed by atoms with Crippen LogP contribution in [0.5, 0.6) is 0 Å². The fourth-order valence-corrected chi connectivity index (χ4v) is 6.47. The van der Waals surface area contributed by atoms with Gasteiger partial charge in [-0.1, -0.05) is 42.8 Å². The first-order valence-electron chi connectivity index (χ1n) is 13.6. The van der Waals surface area contributed by atoms with Crippen molar-refractivity contribution in [2.75, 3.05) is 13.1 Å². The zero-order valence-corrected chi connectivity index (χ0v) is 21.6. The Morgan fingerprint density at radius 3 is 2.59 bits per heavy atom. The molecule has 3 aliphatic rings. The van der Waals surface area contributed by atoms with Crippen LogP contribution in [0.3, 0.4) is 0 Å². The molecule has 2 amide bonds. The van der Waals surface area contributed by atoms with Crippen molar-refractivity contribution < 1.29 is 9.18 Å². The number of rotatable bonds is 6. The monoisotopic (exact) mass is 500 g/mol. The Hall–Kier alpha value is -3.28. The van der Waals surface area contributed by atoms with Crippen LogP contribution in [-0.2, 0) is 0 Å². The molecule has 1 heterocycles. The second-order valence-corrected chi connectivity index (χ2v) is 11.0. The number of piperidine rings is 1. The van der Waals surface area contributed by atoms with Gasteiger partial charge >= 0.3 is 6.03 Å². The van der Waals surface area contributed by atoms with Crippen LogP contribution in [0, 0.1) is 28.5 Å². The van der Waals surface area contributed by atoms with Gasteiger partial charge in [0.05, 0.1) is 11.7 Å². The van der Waals surface area contributed by atoms with Gasteiger partial charge in [0.25, 0.3) is 0 Å². The topological polar surface area (TPSA) is 68.5 Å². The molecule has 2 aromatic rings. The summed E-state index contributed by atoms with van der Waals surface area (Å²) in [7, 11) is 0. The number of halogens is 1. The lowest BCUT2D eigenvalue weighted by atomic mass is 9.65. The summed E-state index contributed by atoms with van der Waals surface area (Å²) in [6.07, 6.45) is 10.8. The average molecular weight is 501 g/mol. The first-order valence-corrected chi connectivity index (χ1v) is 13.6. The second kappa shape index (κ2) is 11.0. The largest absolute Gasteiger partial charge is 0.331 e. The lowest BCUT2D eigenvalue weighted by Gasteiger charge is -2.40. The number of fused-ring (bicyclic) bond motifs is 1. The van der Waals surface area contributed by atoms with Crippen molar-refractivity contribution in [3.63, 3.8) is 0 Å². The molecule has 0 bridgehead atoms. The van der Waals surface area contributed by atoms with Crippen LogP contribution in [0.4, 0.5) is 14.9 Å². The fourth-order valence-electron chi connectivity index (χ4n) is 6.47. The summed E-state index contributed by atoms with van der Waals surface area (Å²) in [5.74, 6) is 0.0269. The number of urea groups is 1. The van der Waals surface area contributed by atoms with Crippen molar-refractivity contribution in [1.29, 1.82) is 5.41 Å². The van der Waals surface area contributed by atoms with Gasteiger partial charge in [0.15, 0.2) is 0 Å². The molecule has 37 heavy (non-hydrogen) atoms. The lowest BCUT2D eigenvalue weighted by molar-refractivity contribution is 0.172. The number of nitrogens with zero attached hydrogens (tertiary/aromatic N) is 2. The number of hydrogen-bond donors (Lipinski definition) is 2. The van der Waals surface area contributed by atoms with E-state index in [2.05, 4.69) is 30.4 Å². The number of carbonyl (C=O) groups excluding carboxylic acids is 1. The molecule has 1 saturated carbocycles. The van der Waals surface area contributed by atoms with Gasteiger partial charge < -0.3 is 15.6 Å². The number of nitrogens with one attached hydrogen (secondary N) is 2. The minimum absolute atomic E-state index is 0.0437. The van der Waals surface area contributed by atoms with Gasteiger partial charge in [-0.3, -0.25) is 4.99 Å². The zero-order valence-electron chi connectivity index (χ0n) is 21.6. The van der Waals surface area contributed by atoms with Crippen LogP contribution in [0.15, 0.2) is 71.2 Å². The number of carbonyl (C=O) groups is 1. The Labute approximate surface area is 219 Å². The molecular weight excluding hydrogens is 463 g/mol. The molecule has 0 spiro atoms. The van der Waals surface area contributed by atoms with Crippen molar-refractivity contribution in [3.05, 3.63) is 77.6 Å². The Morgan fingerprint density at radius 2 is 1.89 bits per heavy atom. The SMILES string of the molecule is CC12CC(C=N)C(=Nc3ccc(F)cc3)C=C1CCC2CC(NC(=O)N1CCCCC1)c1ccccc1. The van der Waals surface area contributed by atoms with E-state index in [-0.39, 0.29) is 29.2 Å². The third-order valence-corrected chi connectivity index (χ3v) is 8.69. The number of amides is 2. The van der Waals surface area contributed by atoms with Crippen LogP contribution in [0.2, 0.25) is 0 Å². The van der Waals surface area contributed by atoms with Gasteiger partial charge in [0.1, 0.15) is 5.82 Å². The van der Waals surface area contributed by atoms with Crippen molar-refractivity contribution in [1.82, 2.24) is 10.2 Å². The van der Waals surface area contributed by atoms with Gasteiger partial charge in [0, 0.05) is 30.9 Å². The van der Waals surface area contributed by atoms with Gasteiger partial charge in [-0.15, -0.1) is 0 Å². The maximum atomic E-state index is 13.4. The minimum atomic E-state index is -0.277. The molecule has 2 fully saturated rings. The molecule has 0 radical (unpaired) electrons. The third kappa shape index (κ3) is 5.53. The molecule has 2 N–H and O–H groups in total. The summed E-state index contributed by atoms with van der Waals surface area (Å²) in [5.41, 5.74) is 4.07. The van der Waals surface area contributed by atoms with Crippen LogP contribution >= 0.6 is 0 Å². The predicted octanol–water partition coefficient (Wildman–Crippen LogP) is 7.24. The van der Waals surface area contributed by atoms with Crippen LogP contribution < -0.4 is 5.32 Å². The minimum Gasteiger partial charge on any atom is -0.331 e. The summed E-state index contributed by atoms with van der Waals surface area (Å²) >= 11 is 0. The number of aliphatic imine (C=N–C) groups is 1. The standard InChI is InChI=1S/C31H37FN4O/c1-31-20-23(21-33)29(34-27-14-12-26(32)13-15-27)19-25(31)11-10-24(31)18-28(22-8-4-2-5-9-22)35-30(37)36-16-6-3-7-17-36/h2,4-5,8-9,12-15,19,21,23-24,28,33H,3,6-7,10-11,16-18,20H2,1H3,(H,35,37). The Balaban J connectivity index is 1.38. The molecule has 5 nitrogen and oxygen atoms in total. The zero-order chi connectivity index (χ0) is 25.8. The Kier molecular flexibility index (Phi) is 7.54. The molecular formula is C31H37FN4O. The molecule has 6 heteroatoms. The number of benzene rings is 2. The van der Waals surface area contributed by atoms with E-state index in [0.29, 0.717) is 11.6 Å². The second-order valence-electron chi connectivity index (χ2n) is 11.0. The van der Waals surface area contributed by atoms with E-state index in [4.69, 9.17) is 10.4 Å². The Bertz CT molecular complexity index is 1170. The van der Waals surface area contributed by atoms with Crippen LogP contribution in [-0.4, -0.2) is 35.9 Å². The maximum Gasteiger partial charge on any atom is 0.317 e. The molecule has 2 aliphatic carbocycles. The average Bonchev–Trinajstić information content (AvgIpc) is 3.24. The van der Waals surface area contributed by atoms with E-state index >= 15 is 0 Å². The predicted molar refractivity (Wildman–Crippen MR) is 147 cm³/mol. The summed E-state index contributed by atoms with van der Waals surface area (Å²) in [5, 5.41) is 11.5. The summed E-state index contributed by atoms with van der Waals surface area (Å²) < 4.78 is 13.4. The Morgan fingerprint density at radius 1 is 1.16 bits per heavy atom. The van der Waals surface area contributed by atoms with Crippen molar-refractivity contribution >= 4 is 23.6 Å². The molecule has 1 aliphatic heterocycles. The van der Waals surface area contributed by atoms with Gasteiger partial charge in [-0.2, -0.15) is 0 Å². The van der Waals surface area contributed by atoms with Gasteiger partial charge in [0.2, 0.25) is 0 Å². The number of likely N-dealkylation sites (tertiary alicyclic amines) is 1. The molecule has 2 aromatic carbocycles. The van der Waals surface area contributed by atoms with E-state index in [1.54, 1.807) is 12.1 Å². The van der Waals surface area contributed by atoms with Crippen LogP contribution in [0.1, 0.15) is 63.5 Å². The smallest absolute Gasteiger partial charge is 0.317 e. The highest BCUT2D eigenvalue weighted by Crippen LogP contribution is 2.56. The van der Waals surface area contributed by atoms with Gasteiger partial charge in [-0.25, -0.2) is 9.18 Å². The summed E-state index contributed by atoms with van der Waals surface area (Å²) in [4.78, 5) is 19.9. The third-order valence-electron chi connectivity index (χ3n) is 8.69. The molecule has 4 atom stereocenters. The highest BCUT2D eigenvalue weighted by Gasteiger charge is 2.47. The van der Waals surface area contributed by atoms with Crippen LogP contribution in [0.25, 0.3) is 0 Å². The first kappa shape index (κ1) is 25.4. The molecule has 5 rings (SSSR count). The van der Waals surface area contributed by atoms with Crippen molar-refractivity contribution in [3.8, 4) is 0 Å². The fraction of sp³-hybridized carbons (Fsp3) is 0.452. The molecule has 194 valence electrons. The van der Waals surface area contributed by atoms with Crippen molar-refractivity contribution in [2.45, 2.75) is 57.9 Å². The molecule has 1 saturated heterocycles. The highest BCUT2D eigenvalue weighted by molar-refractivity contribution is 6.08. The summed E-state index contributed by atoms with van der Waals surface area (Å²) in [6.45, 7) is 3.99. The van der Waals surface area contributed by atoms with E-state index in [9.17, 15) is 9.18 Å². The van der Waals surface area contributed by atoms with E-state index in [1.807, 2.05) is 23.1 Å². The quantitative estimate of drug-likeness (QED) is 0.403. The van der Waals surface area contributed by atoms with E-state index in [0.717, 1.165) is 62.9 Å². The maximum absolute atomic E-state index is 13.4. The van der Waals surface area contributed by atoms with Crippen molar-refractivity contribution in [2.24, 2.45) is 22.2 Å². The van der Waals surface area contributed by atoms with Gasteiger partial charge in [-0.05, 0) is 92.2 Å². The molecule has 0 aromatic heterocycles. The van der Waals surface area contributed by atoms with E-state index in [1.165, 1.54) is 30.3 Å². The summed E-state index contributed by atoms with van der Waals surface area (Å²) in [6, 6.07) is 16.5. The lowest BCUT2D eigenvalue weighted by Crippen LogP contribution is -2.45. The first-order chi connectivity index (χ1) is 18.0.